The minimum atomic E-state index is 0.00977. The van der Waals surface area contributed by atoms with Gasteiger partial charge in [0, 0.05) is 5.69 Å². The monoisotopic (exact) mass is 412 g/mol. The maximum atomic E-state index is 12.4. The molecule has 0 saturated heterocycles. The molecule has 28 heavy (non-hydrogen) atoms. The molecule has 5 nitrogen and oxygen atoms in total. The van der Waals surface area contributed by atoms with Gasteiger partial charge < -0.3 is 10.6 Å². The molecule has 2 N–H and O–H groups in total. The third kappa shape index (κ3) is 6.07. The lowest BCUT2D eigenvalue weighted by Gasteiger charge is -2.18. The summed E-state index contributed by atoms with van der Waals surface area (Å²) in [6, 6.07) is 18.3. The van der Waals surface area contributed by atoms with E-state index >= 15 is 0 Å². The van der Waals surface area contributed by atoms with E-state index in [0.717, 1.165) is 33.6 Å². The van der Waals surface area contributed by atoms with Crippen LogP contribution in [0.2, 0.25) is 0 Å². The highest BCUT2D eigenvalue weighted by Crippen LogP contribution is 2.28. The van der Waals surface area contributed by atoms with Gasteiger partial charge in [-0.1, -0.05) is 84.5 Å². The molecule has 1 aromatic heterocycles. The van der Waals surface area contributed by atoms with E-state index in [9.17, 15) is 4.79 Å². The SMILES string of the molecule is CCC[C@@H](NC(=O)CSc1nnc(Nc2ccc(C)cc2)s1)c1ccccc1. The summed E-state index contributed by atoms with van der Waals surface area (Å²) >= 11 is 2.86. The zero-order chi connectivity index (χ0) is 19.8. The van der Waals surface area contributed by atoms with Crippen LogP contribution in [-0.2, 0) is 4.79 Å². The van der Waals surface area contributed by atoms with Gasteiger partial charge in [-0.15, -0.1) is 10.2 Å². The summed E-state index contributed by atoms with van der Waals surface area (Å²) < 4.78 is 0.775. The van der Waals surface area contributed by atoms with Gasteiger partial charge in [0.25, 0.3) is 0 Å². The normalized spacial score (nSPS) is 11.8. The molecule has 1 amide bonds. The molecular weight excluding hydrogens is 388 g/mol. The molecule has 146 valence electrons. The number of carbonyl (C=O) groups is 1. The Bertz CT molecular complexity index is 881. The first-order chi connectivity index (χ1) is 13.6. The van der Waals surface area contributed by atoms with E-state index in [0.29, 0.717) is 5.75 Å². The number of rotatable bonds is 9. The van der Waals surface area contributed by atoms with Crippen LogP contribution in [0.15, 0.2) is 58.9 Å². The summed E-state index contributed by atoms with van der Waals surface area (Å²) in [6.07, 6.45) is 1.93. The van der Waals surface area contributed by atoms with Crippen molar-refractivity contribution in [2.24, 2.45) is 0 Å². The first-order valence-electron chi connectivity index (χ1n) is 9.28. The standard InChI is InChI=1S/C21H24N4OS2/c1-3-7-18(16-8-5-4-6-9-16)23-19(26)14-27-21-25-24-20(28-21)22-17-12-10-15(2)11-13-17/h4-6,8-13,18H,3,7,14H2,1-2H3,(H,22,24)(H,23,26)/t18-/m1/s1. The van der Waals surface area contributed by atoms with Crippen molar-refractivity contribution >= 4 is 39.8 Å². The number of aromatic nitrogens is 2. The van der Waals surface area contributed by atoms with E-state index in [4.69, 9.17) is 0 Å². The number of benzene rings is 2. The minimum Gasteiger partial charge on any atom is -0.349 e. The van der Waals surface area contributed by atoms with Gasteiger partial charge in [-0.05, 0) is 31.0 Å². The minimum absolute atomic E-state index is 0.00977. The lowest BCUT2D eigenvalue weighted by Crippen LogP contribution is -2.29. The number of anilines is 2. The average Bonchev–Trinajstić information content (AvgIpc) is 3.16. The Morgan fingerprint density at radius 1 is 1.11 bits per heavy atom. The third-order valence-electron chi connectivity index (χ3n) is 4.15. The summed E-state index contributed by atoms with van der Waals surface area (Å²) in [7, 11) is 0. The maximum absolute atomic E-state index is 12.4. The molecule has 0 saturated carbocycles. The van der Waals surface area contributed by atoms with Crippen molar-refractivity contribution in [1.29, 1.82) is 0 Å². The van der Waals surface area contributed by atoms with Gasteiger partial charge in [0.05, 0.1) is 11.8 Å². The van der Waals surface area contributed by atoms with Gasteiger partial charge in [-0.3, -0.25) is 4.79 Å². The molecule has 0 radical (unpaired) electrons. The van der Waals surface area contributed by atoms with Crippen LogP contribution in [0.3, 0.4) is 0 Å². The lowest BCUT2D eigenvalue weighted by molar-refractivity contribution is -0.119. The van der Waals surface area contributed by atoms with Crippen LogP contribution < -0.4 is 10.6 Å². The van der Waals surface area contributed by atoms with Crippen molar-refractivity contribution in [3.05, 3.63) is 65.7 Å². The molecule has 3 rings (SSSR count). The number of amides is 1. The van der Waals surface area contributed by atoms with Gasteiger partial charge in [-0.25, -0.2) is 0 Å². The fourth-order valence-electron chi connectivity index (χ4n) is 2.74. The number of hydrogen-bond donors (Lipinski definition) is 2. The number of thioether (sulfide) groups is 1. The van der Waals surface area contributed by atoms with Gasteiger partial charge >= 0.3 is 0 Å². The zero-order valence-corrected chi connectivity index (χ0v) is 17.6. The molecule has 0 spiro atoms. The highest BCUT2D eigenvalue weighted by molar-refractivity contribution is 8.01. The molecule has 0 unspecified atom stereocenters. The van der Waals surface area contributed by atoms with Crippen molar-refractivity contribution in [3.63, 3.8) is 0 Å². The van der Waals surface area contributed by atoms with E-state index in [1.165, 1.54) is 28.7 Å². The summed E-state index contributed by atoms with van der Waals surface area (Å²) in [5, 5.41) is 15.4. The Morgan fingerprint density at radius 2 is 1.86 bits per heavy atom. The number of carbonyl (C=O) groups excluding carboxylic acids is 1. The second-order valence-electron chi connectivity index (χ2n) is 6.47. The van der Waals surface area contributed by atoms with Gasteiger partial charge in [0.2, 0.25) is 11.0 Å². The van der Waals surface area contributed by atoms with Gasteiger partial charge in [0.15, 0.2) is 4.34 Å². The fourth-order valence-corrected chi connectivity index (χ4v) is 4.32. The molecule has 0 bridgehead atoms. The van der Waals surface area contributed by atoms with E-state index in [-0.39, 0.29) is 11.9 Å². The molecule has 3 aromatic rings. The second-order valence-corrected chi connectivity index (χ2v) is 8.67. The second kappa shape index (κ2) is 10.2. The molecule has 0 aliphatic rings. The van der Waals surface area contributed by atoms with Crippen molar-refractivity contribution < 1.29 is 4.79 Å². The predicted molar refractivity (Wildman–Crippen MR) is 117 cm³/mol. The largest absolute Gasteiger partial charge is 0.349 e. The highest BCUT2D eigenvalue weighted by atomic mass is 32.2. The van der Waals surface area contributed by atoms with Crippen LogP contribution in [0, 0.1) is 6.92 Å². The molecular formula is C21H24N4OS2. The van der Waals surface area contributed by atoms with Crippen LogP contribution in [0.5, 0.6) is 0 Å². The lowest BCUT2D eigenvalue weighted by atomic mass is 10.0. The fraction of sp³-hybridized carbons (Fsp3) is 0.286. The number of aryl methyl sites for hydroxylation is 1. The molecule has 7 heteroatoms. The Kier molecular flexibility index (Phi) is 7.45. The quantitative estimate of drug-likeness (QED) is 0.464. The van der Waals surface area contributed by atoms with Crippen molar-refractivity contribution in [1.82, 2.24) is 15.5 Å². The van der Waals surface area contributed by atoms with Crippen molar-refractivity contribution in [2.75, 3.05) is 11.1 Å². The first kappa shape index (κ1) is 20.4. The van der Waals surface area contributed by atoms with Gasteiger partial charge in [-0.2, -0.15) is 0 Å². The predicted octanol–water partition coefficient (Wildman–Crippen LogP) is 5.34. The van der Waals surface area contributed by atoms with Gasteiger partial charge in [0.1, 0.15) is 0 Å². The Morgan fingerprint density at radius 3 is 2.57 bits per heavy atom. The van der Waals surface area contributed by atoms with Crippen LogP contribution in [0.1, 0.15) is 36.9 Å². The number of nitrogens with one attached hydrogen (secondary N) is 2. The van der Waals surface area contributed by atoms with E-state index in [2.05, 4.69) is 46.8 Å². The zero-order valence-electron chi connectivity index (χ0n) is 16.0. The molecule has 0 aliphatic carbocycles. The first-order valence-corrected chi connectivity index (χ1v) is 11.1. The molecule has 0 aliphatic heterocycles. The van der Waals surface area contributed by atoms with Crippen LogP contribution in [-0.4, -0.2) is 21.9 Å². The van der Waals surface area contributed by atoms with Crippen LogP contribution >= 0.6 is 23.1 Å². The van der Waals surface area contributed by atoms with Crippen LogP contribution in [0.25, 0.3) is 0 Å². The molecule has 0 fully saturated rings. The highest BCUT2D eigenvalue weighted by Gasteiger charge is 2.15. The van der Waals surface area contributed by atoms with E-state index < -0.39 is 0 Å². The van der Waals surface area contributed by atoms with Crippen LogP contribution in [0.4, 0.5) is 10.8 Å². The smallest absolute Gasteiger partial charge is 0.230 e. The molecule has 1 heterocycles. The molecule has 2 aromatic carbocycles. The number of nitrogens with zero attached hydrogens (tertiary/aromatic N) is 2. The van der Waals surface area contributed by atoms with E-state index in [1.54, 1.807) is 0 Å². The summed E-state index contributed by atoms with van der Waals surface area (Å²) in [5.74, 6) is 0.335. The topological polar surface area (TPSA) is 66.9 Å². The summed E-state index contributed by atoms with van der Waals surface area (Å²) in [6.45, 7) is 4.18. The van der Waals surface area contributed by atoms with Crippen molar-refractivity contribution in [3.8, 4) is 0 Å². The van der Waals surface area contributed by atoms with E-state index in [1.807, 2.05) is 42.5 Å². The average molecular weight is 413 g/mol. The summed E-state index contributed by atoms with van der Waals surface area (Å²) in [4.78, 5) is 12.4. The molecule has 1 atom stereocenters. The third-order valence-corrected chi connectivity index (χ3v) is 6.12. The maximum Gasteiger partial charge on any atom is 0.230 e. The Labute approximate surface area is 174 Å². The number of hydrogen-bond acceptors (Lipinski definition) is 6. The van der Waals surface area contributed by atoms with Crippen molar-refractivity contribution in [2.45, 2.75) is 37.1 Å². The summed E-state index contributed by atoms with van der Waals surface area (Å²) in [5.41, 5.74) is 3.33. The Hall–Kier alpha value is -2.38. The Balaban J connectivity index is 1.51.